The van der Waals surface area contributed by atoms with Crippen molar-refractivity contribution in [3.05, 3.63) is 65.5 Å². The number of likely N-dealkylation sites (tertiary alicyclic amines) is 1. The van der Waals surface area contributed by atoms with Crippen LogP contribution in [0.4, 0.5) is 0 Å². The van der Waals surface area contributed by atoms with Crippen molar-refractivity contribution < 1.29 is 9.47 Å². The maximum absolute atomic E-state index is 6.14. The highest BCUT2D eigenvalue weighted by Crippen LogP contribution is 2.40. The molecule has 1 spiro atoms. The van der Waals surface area contributed by atoms with Crippen LogP contribution in [-0.4, -0.2) is 41.8 Å². The number of hydrogen-bond acceptors (Lipinski definition) is 4. The number of benzene rings is 1. The van der Waals surface area contributed by atoms with Crippen LogP contribution in [0.25, 0.3) is 0 Å². The minimum absolute atomic E-state index is 0.0135. The third-order valence-corrected chi connectivity index (χ3v) is 5.42. The molecule has 0 aliphatic carbocycles. The molecule has 4 rings (SSSR count). The van der Waals surface area contributed by atoms with Crippen molar-refractivity contribution >= 4 is 0 Å². The summed E-state index contributed by atoms with van der Waals surface area (Å²) in [6, 6.07) is 12.8. The Morgan fingerprint density at radius 3 is 2.80 bits per heavy atom. The highest BCUT2D eigenvalue weighted by Gasteiger charge is 2.52. The molecule has 4 nitrogen and oxygen atoms in total. The van der Waals surface area contributed by atoms with E-state index in [0.717, 1.165) is 44.8 Å². The molecule has 1 unspecified atom stereocenters. The van der Waals surface area contributed by atoms with Gasteiger partial charge in [0, 0.05) is 44.6 Å². The molecule has 0 radical (unpaired) electrons. The van der Waals surface area contributed by atoms with Gasteiger partial charge in [-0.05, 0) is 30.5 Å². The van der Waals surface area contributed by atoms with Crippen molar-refractivity contribution in [2.75, 3.05) is 26.3 Å². The summed E-state index contributed by atoms with van der Waals surface area (Å²) in [6.07, 6.45) is 4.76. The smallest absolute Gasteiger partial charge is 0.0985 e. The molecule has 1 atom stereocenters. The average molecular weight is 338 g/mol. The fraction of sp³-hybridized carbons (Fsp3) is 0.476. The SMILES string of the molecule is Cc1ccc(CN2CC3(C2)OCCC3COCc2cccnc2)cc1. The zero-order valence-corrected chi connectivity index (χ0v) is 14.9. The van der Waals surface area contributed by atoms with E-state index >= 15 is 0 Å². The molecule has 25 heavy (non-hydrogen) atoms. The van der Waals surface area contributed by atoms with E-state index in [0.29, 0.717) is 12.5 Å². The Morgan fingerprint density at radius 2 is 2.04 bits per heavy atom. The van der Waals surface area contributed by atoms with Gasteiger partial charge in [-0.15, -0.1) is 0 Å². The number of nitrogens with zero attached hydrogens (tertiary/aromatic N) is 2. The first-order valence-corrected chi connectivity index (χ1v) is 9.12. The molecule has 2 aromatic rings. The van der Waals surface area contributed by atoms with E-state index in [4.69, 9.17) is 9.47 Å². The van der Waals surface area contributed by atoms with Crippen LogP contribution < -0.4 is 0 Å². The summed E-state index contributed by atoms with van der Waals surface area (Å²) >= 11 is 0. The highest BCUT2D eigenvalue weighted by molar-refractivity contribution is 5.22. The van der Waals surface area contributed by atoms with Crippen molar-refractivity contribution in [1.29, 1.82) is 0 Å². The standard InChI is InChI=1S/C21H26N2O2/c1-17-4-6-18(7-5-17)12-23-15-21(16-23)20(8-10-25-21)14-24-13-19-3-2-9-22-11-19/h2-7,9,11,20H,8,10,12-16H2,1H3. The molecule has 0 N–H and O–H groups in total. The molecular weight excluding hydrogens is 312 g/mol. The molecular formula is C21H26N2O2. The molecule has 3 heterocycles. The van der Waals surface area contributed by atoms with Gasteiger partial charge in [0.25, 0.3) is 0 Å². The van der Waals surface area contributed by atoms with Crippen LogP contribution in [0.5, 0.6) is 0 Å². The van der Waals surface area contributed by atoms with Gasteiger partial charge in [-0.25, -0.2) is 0 Å². The van der Waals surface area contributed by atoms with E-state index in [1.165, 1.54) is 11.1 Å². The second kappa shape index (κ2) is 7.24. The maximum Gasteiger partial charge on any atom is 0.0985 e. The fourth-order valence-electron chi connectivity index (χ4n) is 3.95. The minimum atomic E-state index is 0.0135. The Bertz CT molecular complexity index is 681. The molecule has 4 heteroatoms. The van der Waals surface area contributed by atoms with E-state index in [9.17, 15) is 0 Å². The molecule has 2 saturated heterocycles. The maximum atomic E-state index is 6.14. The third-order valence-electron chi connectivity index (χ3n) is 5.42. The first kappa shape index (κ1) is 16.7. The number of ether oxygens (including phenoxy) is 2. The lowest BCUT2D eigenvalue weighted by atomic mass is 9.81. The molecule has 1 aromatic carbocycles. The Balaban J connectivity index is 1.26. The van der Waals surface area contributed by atoms with Crippen LogP contribution in [0, 0.1) is 12.8 Å². The van der Waals surface area contributed by atoms with Crippen molar-refractivity contribution in [2.45, 2.75) is 32.1 Å². The van der Waals surface area contributed by atoms with Gasteiger partial charge in [-0.2, -0.15) is 0 Å². The second-order valence-electron chi connectivity index (χ2n) is 7.41. The zero-order valence-electron chi connectivity index (χ0n) is 14.9. The van der Waals surface area contributed by atoms with Crippen molar-refractivity contribution in [1.82, 2.24) is 9.88 Å². The predicted octanol–water partition coefficient (Wildman–Crippen LogP) is 3.20. The highest BCUT2D eigenvalue weighted by atomic mass is 16.5. The monoisotopic (exact) mass is 338 g/mol. The number of aromatic nitrogens is 1. The van der Waals surface area contributed by atoms with Crippen LogP contribution in [-0.2, 0) is 22.6 Å². The predicted molar refractivity (Wildman–Crippen MR) is 97.1 cm³/mol. The Hall–Kier alpha value is -1.75. The van der Waals surface area contributed by atoms with E-state index in [-0.39, 0.29) is 5.60 Å². The first-order valence-electron chi connectivity index (χ1n) is 9.12. The molecule has 0 saturated carbocycles. The number of pyridine rings is 1. The van der Waals surface area contributed by atoms with Gasteiger partial charge < -0.3 is 9.47 Å². The minimum Gasteiger partial charge on any atom is -0.376 e. The van der Waals surface area contributed by atoms with E-state index < -0.39 is 0 Å². The van der Waals surface area contributed by atoms with Crippen molar-refractivity contribution in [3.63, 3.8) is 0 Å². The molecule has 1 aromatic heterocycles. The lowest BCUT2D eigenvalue weighted by molar-refractivity contribution is -0.146. The summed E-state index contributed by atoms with van der Waals surface area (Å²) in [6.45, 7) is 7.43. The Kier molecular flexibility index (Phi) is 4.84. The van der Waals surface area contributed by atoms with Crippen LogP contribution in [0.1, 0.15) is 23.1 Å². The largest absolute Gasteiger partial charge is 0.376 e. The zero-order chi connectivity index (χ0) is 17.1. The Morgan fingerprint density at radius 1 is 1.20 bits per heavy atom. The van der Waals surface area contributed by atoms with Crippen molar-refractivity contribution in [2.24, 2.45) is 5.92 Å². The summed E-state index contributed by atoms with van der Waals surface area (Å²) < 4.78 is 12.1. The van der Waals surface area contributed by atoms with E-state index in [2.05, 4.69) is 47.1 Å². The van der Waals surface area contributed by atoms with E-state index in [1.54, 1.807) is 6.20 Å². The third kappa shape index (κ3) is 3.76. The average Bonchev–Trinajstić information content (AvgIpc) is 3.01. The number of aryl methyl sites for hydroxylation is 1. The molecule has 0 amide bonds. The lowest BCUT2D eigenvalue weighted by Crippen LogP contribution is -2.64. The lowest BCUT2D eigenvalue weighted by Gasteiger charge is -2.50. The summed E-state index contributed by atoms with van der Waals surface area (Å²) in [4.78, 5) is 6.61. The molecule has 132 valence electrons. The molecule has 2 fully saturated rings. The van der Waals surface area contributed by atoms with Gasteiger partial charge in [0.15, 0.2) is 0 Å². The Labute approximate surface area is 149 Å². The quantitative estimate of drug-likeness (QED) is 0.810. The van der Waals surface area contributed by atoms with Gasteiger partial charge in [0.2, 0.25) is 0 Å². The van der Waals surface area contributed by atoms with Gasteiger partial charge in [-0.1, -0.05) is 35.9 Å². The summed E-state index contributed by atoms with van der Waals surface area (Å²) in [5, 5.41) is 0. The number of hydrogen-bond donors (Lipinski definition) is 0. The molecule has 2 aliphatic heterocycles. The summed E-state index contributed by atoms with van der Waals surface area (Å²) in [7, 11) is 0. The molecule has 2 aliphatic rings. The van der Waals surface area contributed by atoms with Crippen LogP contribution in [0.2, 0.25) is 0 Å². The number of rotatable bonds is 6. The van der Waals surface area contributed by atoms with Crippen LogP contribution in [0.3, 0.4) is 0 Å². The van der Waals surface area contributed by atoms with E-state index in [1.807, 2.05) is 12.3 Å². The normalized spacial score (nSPS) is 22.2. The summed E-state index contributed by atoms with van der Waals surface area (Å²) in [5.41, 5.74) is 3.83. The van der Waals surface area contributed by atoms with Crippen LogP contribution >= 0.6 is 0 Å². The second-order valence-corrected chi connectivity index (χ2v) is 7.41. The van der Waals surface area contributed by atoms with Gasteiger partial charge in [0.1, 0.15) is 0 Å². The van der Waals surface area contributed by atoms with Gasteiger partial charge >= 0.3 is 0 Å². The fourth-order valence-corrected chi connectivity index (χ4v) is 3.95. The van der Waals surface area contributed by atoms with Gasteiger partial charge in [0.05, 0.1) is 18.8 Å². The topological polar surface area (TPSA) is 34.6 Å². The van der Waals surface area contributed by atoms with Gasteiger partial charge in [-0.3, -0.25) is 9.88 Å². The van der Waals surface area contributed by atoms with Crippen molar-refractivity contribution in [3.8, 4) is 0 Å². The molecule has 0 bridgehead atoms. The van der Waals surface area contributed by atoms with Crippen LogP contribution in [0.15, 0.2) is 48.8 Å². The summed E-state index contributed by atoms with van der Waals surface area (Å²) in [5.74, 6) is 0.499. The first-order chi connectivity index (χ1) is 12.2.